The number of benzene rings is 1. The summed E-state index contributed by atoms with van der Waals surface area (Å²) in [6.07, 6.45) is 8.29. The van der Waals surface area contributed by atoms with Crippen molar-refractivity contribution in [2.45, 2.75) is 114 Å². The summed E-state index contributed by atoms with van der Waals surface area (Å²) in [5.41, 5.74) is 12.9. The Morgan fingerprint density at radius 2 is 1.92 bits per heavy atom. The van der Waals surface area contributed by atoms with Crippen LogP contribution in [0.2, 0.25) is 0 Å². The van der Waals surface area contributed by atoms with Crippen LogP contribution in [0, 0.1) is 41.4 Å². The molecule has 0 spiro atoms. The van der Waals surface area contributed by atoms with E-state index in [9.17, 15) is 30.6 Å². The van der Waals surface area contributed by atoms with Gasteiger partial charge in [0.25, 0.3) is 0 Å². The zero-order valence-corrected chi connectivity index (χ0v) is 36.0. The summed E-state index contributed by atoms with van der Waals surface area (Å²) < 4.78 is 6.81. The van der Waals surface area contributed by atoms with Crippen molar-refractivity contribution in [3.8, 4) is 23.3 Å². The van der Waals surface area contributed by atoms with E-state index in [2.05, 4.69) is 52.6 Å². The maximum atomic E-state index is 12.1. The zero-order valence-electron chi connectivity index (χ0n) is 34.4. The van der Waals surface area contributed by atoms with Gasteiger partial charge in [-0.2, -0.15) is 0 Å². The summed E-state index contributed by atoms with van der Waals surface area (Å²) >= 11 is 0. The molecule has 1 aromatic heterocycles. The van der Waals surface area contributed by atoms with Crippen LogP contribution in [0.25, 0.3) is 0 Å². The number of hydrogen-bond acceptors (Lipinski definition) is 12. The van der Waals surface area contributed by atoms with Crippen LogP contribution in [0.15, 0.2) is 65.2 Å². The fraction of sp³-hybridized carbons (Fsp3) is 0.609. The van der Waals surface area contributed by atoms with Gasteiger partial charge in [-0.15, -0.1) is 0 Å². The highest BCUT2D eigenvalue weighted by atomic mass is 33.1. The fourth-order valence-corrected chi connectivity index (χ4v) is 12.4. The van der Waals surface area contributed by atoms with Crippen molar-refractivity contribution in [1.29, 1.82) is 0 Å². The van der Waals surface area contributed by atoms with Crippen molar-refractivity contribution < 1.29 is 35.4 Å². The first-order valence-electron chi connectivity index (χ1n) is 21.6. The van der Waals surface area contributed by atoms with Gasteiger partial charge in [0.15, 0.2) is 11.5 Å². The first-order chi connectivity index (χ1) is 28.5. The molecule has 0 bridgehead atoms. The van der Waals surface area contributed by atoms with Gasteiger partial charge in [0, 0.05) is 84.3 Å². The van der Waals surface area contributed by atoms with E-state index in [0.29, 0.717) is 62.5 Å². The number of aliphatic hydroxyl groups is 5. The number of dihydropyridines is 1. The second-order valence-corrected chi connectivity index (χ2v) is 19.9. The van der Waals surface area contributed by atoms with E-state index in [1.807, 2.05) is 18.3 Å². The highest BCUT2D eigenvalue weighted by molar-refractivity contribution is 8.76. The van der Waals surface area contributed by atoms with Gasteiger partial charge < -0.3 is 56.7 Å². The number of aliphatic hydroxyl groups excluding tert-OH is 5. The number of hydrogen-bond donors (Lipinski definition) is 10. The van der Waals surface area contributed by atoms with Crippen molar-refractivity contribution in [2.75, 3.05) is 31.2 Å². The predicted octanol–water partition coefficient (Wildman–Crippen LogP) is 4.65. The third-order valence-corrected chi connectivity index (χ3v) is 15.6. The van der Waals surface area contributed by atoms with Crippen LogP contribution < -0.4 is 21.1 Å². The van der Waals surface area contributed by atoms with Crippen molar-refractivity contribution in [2.24, 2.45) is 35.3 Å². The highest BCUT2D eigenvalue weighted by Crippen LogP contribution is 2.48. The molecule has 0 amide bonds. The number of phenols is 1. The number of fused-ring (bicyclic) bond motifs is 5. The Morgan fingerprint density at radius 3 is 2.68 bits per heavy atom. The van der Waals surface area contributed by atoms with Gasteiger partial charge >= 0.3 is 0 Å². The third kappa shape index (κ3) is 10.5. The SMILES string of the molecule is CCC1C#CC2C=C3CCc4cc(O)c(OC5CC(Cc6ccc[nH]6)C6=CCNC(N)=C6CSSCC(CO)C5O)cc4C3CC(O)C2C(O)CCC(NCC(C)O)C1. The average Bonchev–Trinajstić information content (AvgIpc) is 3.67. The lowest BCUT2D eigenvalue weighted by atomic mass is 9.76. The average molecular weight is 849 g/mol. The summed E-state index contributed by atoms with van der Waals surface area (Å²) in [6.45, 7) is 4.76. The van der Waals surface area contributed by atoms with E-state index >= 15 is 0 Å². The number of aromatic amines is 1. The number of nitrogens with one attached hydrogen (secondary N) is 3. The number of H-pyrrole nitrogens is 1. The van der Waals surface area contributed by atoms with Gasteiger partial charge in [0.05, 0.1) is 24.4 Å². The molecule has 322 valence electrons. The van der Waals surface area contributed by atoms with Gasteiger partial charge in [-0.1, -0.05) is 58.1 Å². The maximum absolute atomic E-state index is 12.1. The molecule has 5 aliphatic rings. The molecule has 13 heteroatoms. The minimum Gasteiger partial charge on any atom is -0.504 e. The number of ether oxygens (including phenoxy) is 1. The van der Waals surface area contributed by atoms with Crippen LogP contribution in [0.4, 0.5) is 0 Å². The van der Waals surface area contributed by atoms with E-state index < -0.39 is 42.4 Å². The monoisotopic (exact) mass is 848 g/mol. The molecule has 2 aliphatic heterocycles. The van der Waals surface area contributed by atoms with Crippen LogP contribution in [-0.4, -0.2) is 103 Å². The van der Waals surface area contributed by atoms with Crippen LogP contribution in [0.5, 0.6) is 11.5 Å². The molecule has 12 atom stereocenters. The van der Waals surface area contributed by atoms with Gasteiger partial charge in [-0.25, -0.2) is 0 Å². The first-order valence-corrected chi connectivity index (χ1v) is 24.1. The van der Waals surface area contributed by atoms with Crippen molar-refractivity contribution >= 4 is 21.6 Å². The number of aryl methyl sites for hydroxylation is 1. The van der Waals surface area contributed by atoms with Crippen molar-refractivity contribution in [3.05, 3.63) is 82.0 Å². The Morgan fingerprint density at radius 1 is 1.07 bits per heavy atom. The molecule has 12 unspecified atom stereocenters. The van der Waals surface area contributed by atoms with E-state index in [4.69, 9.17) is 10.5 Å². The Labute approximate surface area is 357 Å². The Bertz CT molecular complexity index is 1890. The summed E-state index contributed by atoms with van der Waals surface area (Å²) in [7, 11) is 3.25. The van der Waals surface area contributed by atoms with E-state index in [1.54, 1.807) is 34.6 Å². The van der Waals surface area contributed by atoms with Gasteiger partial charge in [-0.05, 0) is 112 Å². The van der Waals surface area contributed by atoms with Crippen molar-refractivity contribution in [1.82, 2.24) is 15.6 Å². The molecule has 0 radical (unpaired) electrons. The molecule has 0 saturated carbocycles. The molecule has 1 aromatic carbocycles. The summed E-state index contributed by atoms with van der Waals surface area (Å²) in [4.78, 5) is 3.35. The predicted molar refractivity (Wildman–Crippen MR) is 236 cm³/mol. The topological polar surface area (TPSA) is 196 Å². The number of aromatic nitrogens is 1. The third-order valence-electron chi connectivity index (χ3n) is 13.2. The van der Waals surface area contributed by atoms with Crippen LogP contribution in [-0.2, 0) is 12.8 Å². The number of phenolic OH excluding ortho intramolecular Hbond substituents is 1. The number of aromatic hydroxyl groups is 1. The Hall–Kier alpha value is -3.06. The lowest BCUT2D eigenvalue weighted by Crippen LogP contribution is -2.42. The minimum absolute atomic E-state index is 0.0102. The summed E-state index contributed by atoms with van der Waals surface area (Å²) in [5, 5.41) is 74.7. The zero-order chi connectivity index (χ0) is 41.6. The van der Waals surface area contributed by atoms with Crippen LogP contribution >= 0.6 is 21.6 Å². The molecule has 1 saturated heterocycles. The van der Waals surface area contributed by atoms with Gasteiger partial charge in [0.2, 0.25) is 0 Å². The van der Waals surface area contributed by atoms with Crippen LogP contribution in [0.3, 0.4) is 0 Å². The number of rotatable bonds is 9. The summed E-state index contributed by atoms with van der Waals surface area (Å²) in [5.74, 6) is 7.79. The van der Waals surface area contributed by atoms with E-state index in [0.717, 1.165) is 53.7 Å². The quantitative estimate of drug-likeness (QED) is 0.0956. The van der Waals surface area contributed by atoms with E-state index in [1.165, 1.54) is 5.57 Å². The lowest BCUT2D eigenvalue weighted by molar-refractivity contribution is -0.0214. The molecule has 11 N–H and O–H groups in total. The standard InChI is InChI=1S/C46H64N4O7S2/c1-3-27-6-7-30-16-28-8-9-29-18-40(54)42(21-37(29)36(28)20-41(55)44(30)39(53)11-10-34(15-27)50-22-26(2)52)57-43-19-31(17-33-5-4-13-48-33)35-12-14-49-46(47)38(35)25-59-58-24-32(23-51)45(43)56/h4-5,12-13,16,18,21,26-27,30-32,34,36,39,41,43-45,48-56H,3,8-11,14-15,17,19-20,22-25,47H2,1-2H3. The summed E-state index contributed by atoms with van der Waals surface area (Å²) in [6, 6.07) is 7.81. The molecule has 11 nitrogen and oxygen atoms in total. The van der Waals surface area contributed by atoms with Gasteiger partial charge in [-0.3, -0.25) is 0 Å². The largest absolute Gasteiger partial charge is 0.504 e. The lowest BCUT2D eigenvalue weighted by Gasteiger charge is -2.35. The maximum Gasteiger partial charge on any atom is 0.161 e. The fourth-order valence-electron chi connectivity index (χ4n) is 9.91. The van der Waals surface area contributed by atoms with Crippen LogP contribution in [0.1, 0.15) is 81.5 Å². The second kappa shape index (κ2) is 20.2. The number of nitrogens with two attached hydrogens (primary N) is 1. The molecule has 1 fully saturated rings. The van der Waals surface area contributed by atoms with E-state index in [-0.39, 0.29) is 47.8 Å². The minimum atomic E-state index is -1.03. The highest BCUT2D eigenvalue weighted by Gasteiger charge is 2.41. The smallest absolute Gasteiger partial charge is 0.161 e. The normalized spacial score (nSPS) is 33.4. The molecule has 3 aliphatic carbocycles. The molecular weight excluding hydrogens is 785 g/mol. The molecule has 3 heterocycles. The van der Waals surface area contributed by atoms with Crippen molar-refractivity contribution in [3.63, 3.8) is 0 Å². The molecule has 7 rings (SSSR count). The molecular formula is C46H64N4O7S2. The molecule has 59 heavy (non-hydrogen) atoms. The first kappa shape index (κ1) is 44.0. The second-order valence-electron chi connectivity index (χ2n) is 17.3. The van der Waals surface area contributed by atoms with Gasteiger partial charge in [0.1, 0.15) is 11.9 Å². The Balaban J connectivity index is 1.21. The molecule has 2 aromatic rings. The number of allylic oxidation sites excluding steroid dienone is 3. The Kier molecular flexibility index (Phi) is 15.1.